The molecule has 9 heteroatoms. The molecule has 3 aromatic rings. The third-order valence-electron chi connectivity index (χ3n) is 4.26. The molecule has 1 amide bonds. The summed E-state index contributed by atoms with van der Waals surface area (Å²) in [6.45, 7) is 2.44. The Hall–Kier alpha value is -3.36. The van der Waals surface area contributed by atoms with E-state index in [1.807, 2.05) is 11.0 Å². The maximum Gasteiger partial charge on any atom is 0.274 e. The van der Waals surface area contributed by atoms with Gasteiger partial charge in [-0.2, -0.15) is 10.1 Å². The summed E-state index contributed by atoms with van der Waals surface area (Å²) in [5, 5.41) is 6.96. The first-order valence-electron chi connectivity index (χ1n) is 8.25. The van der Waals surface area contributed by atoms with Gasteiger partial charge in [-0.3, -0.25) is 9.89 Å². The molecule has 0 aromatic carbocycles. The normalized spacial score (nSPS) is 14.5. The van der Waals surface area contributed by atoms with E-state index in [4.69, 9.17) is 9.15 Å². The summed E-state index contributed by atoms with van der Waals surface area (Å²) >= 11 is 0. The van der Waals surface area contributed by atoms with Crippen LogP contribution >= 0.6 is 0 Å². The van der Waals surface area contributed by atoms with Crippen LogP contribution in [0.5, 0.6) is 5.88 Å². The summed E-state index contributed by atoms with van der Waals surface area (Å²) in [6, 6.07) is 7.02. The van der Waals surface area contributed by atoms with E-state index in [0.717, 1.165) is 0 Å². The Morgan fingerprint density at radius 1 is 1.27 bits per heavy atom. The van der Waals surface area contributed by atoms with Gasteiger partial charge in [-0.05, 0) is 12.1 Å². The summed E-state index contributed by atoms with van der Waals surface area (Å²) in [5.41, 5.74) is 1.06. The highest BCUT2D eigenvalue weighted by molar-refractivity contribution is 5.93. The van der Waals surface area contributed by atoms with Gasteiger partial charge >= 0.3 is 0 Å². The number of furan rings is 1. The summed E-state index contributed by atoms with van der Waals surface area (Å²) in [6.07, 6.45) is 3.25. The Kier molecular flexibility index (Phi) is 4.26. The van der Waals surface area contributed by atoms with Crippen molar-refractivity contribution in [3.05, 3.63) is 42.4 Å². The maximum atomic E-state index is 12.7. The number of nitrogens with one attached hydrogen (secondary N) is 1. The monoisotopic (exact) mass is 354 g/mol. The van der Waals surface area contributed by atoms with Gasteiger partial charge in [0.05, 0.1) is 13.4 Å². The van der Waals surface area contributed by atoms with Crippen LogP contribution in [0.2, 0.25) is 0 Å². The van der Waals surface area contributed by atoms with Gasteiger partial charge < -0.3 is 19.0 Å². The van der Waals surface area contributed by atoms with Crippen LogP contribution < -0.4 is 9.64 Å². The molecule has 1 aliphatic rings. The smallest absolute Gasteiger partial charge is 0.274 e. The minimum absolute atomic E-state index is 0.106. The molecule has 0 bridgehead atoms. The molecule has 0 aliphatic carbocycles. The summed E-state index contributed by atoms with van der Waals surface area (Å²) in [5.74, 6) is 1.67. The molecule has 1 fully saturated rings. The van der Waals surface area contributed by atoms with E-state index in [9.17, 15) is 4.79 Å². The van der Waals surface area contributed by atoms with E-state index in [1.54, 1.807) is 42.7 Å². The average molecular weight is 354 g/mol. The summed E-state index contributed by atoms with van der Waals surface area (Å²) < 4.78 is 10.4. The highest BCUT2D eigenvalue weighted by atomic mass is 16.5. The SMILES string of the molecule is COc1ccnc(N2CCN(C(=O)c3cc(-c4ccco4)[nH]n3)CC2)n1. The second-order valence-corrected chi connectivity index (χ2v) is 5.82. The lowest BCUT2D eigenvalue weighted by molar-refractivity contribution is 0.0740. The van der Waals surface area contributed by atoms with Gasteiger partial charge in [-0.15, -0.1) is 0 Å². The maximum absolute atomic E-state index is 12.7. The fraction of sp³-hybridized carbons (Fsp3) is 0.294. The first kappa shape index (κ1) is 16.1. The Balaban J connectivity index is 1.40. The number of hydrogen-bond acceptors (Lipinski definition) is 7. The van der Waals surface area contributed by atoms with Crippen molar-refractivity contribution < 1.29 is 13.9 Å². The molecule has 1 N–H and O–H groups in total. The lowest BCUT2D eigenvalue weighted by Crippen LogP contribution is -2.49. The van der Waals surface area contributed by atoms with Crippen LogP contribution in [0.1, 0.15) is 10.5 Å². The molecule has 0 radical (unpaired) electrons. The molecule has 3 aromatic heterocycles. The fourth-order valence-corrected chi connectivity index (χ4v) is 2.86. The number of ether oxygens (including phenoxy) is 1. The third-order valence-corrected chi connectivity index (χ3v) is 4.26. The van der Waals surface area contributed by atoms with E-state index in [2.05, 4.69) is 20.2 Å². The zero-order valence-electron chi connectivity index (χ0n) is 14.3. The van der Waals surface area contributed by atoms with Crippen molar-refractivity contribution in [2.24, 2.45) is 0 Å². The van der Waals surface area contributed by atoms with E-state index in [1.165, 1.54) is 0 Å². The predicted molar refractivity (Wildman–Crippen MR) is 93.0 cm³/mol. The topological polar surface area (TPSA) is 100 Å². The second kappa shape index (κ2) is 6.87. The lowest BCUT2D eigenvalue weighted by Gasteiger charge is -2.34. The Bertz CT molecular complexity index is 884. The number of carbonyl (C=O) groups is 1. The van der Waals surface area contributed by atoms with E-state index >= 15 is 0 Å². The zero-order chi connectivity index (χ0) is 17.9. The van der Waals surface area contributed by atoms with Gasteiger partial charge in [0.15, 0.2) is 11.5 Å². The highest BCUT2D eigenvalue weighted by Crippen LogP contribution is 2.19. The summed E-state index contributed by atoms with van der Waals surface area (Å²) in [7, 11) is 1.57. The van der Waals surface area contributed by atoms with Crippen molar-refractivity contribution >= 4 is 11.9 Å². The first-order chi connectivity index (χ1) is 12.7. The number of amides is 1. The molecule has 0 unspecified atom stereocenters. The van der Waals surface area contributed by atoms with Crippen LogP contribution in [-0.4, -0.2) is 64.3 Å². The molecule has 26 heavy (non-hydrogen) atoms. The Labute approximate surface area is 149 Å². The van der Waals surface area contributed by atoms with Crippen molar-refractivity contribution in [3.63, 3.8) is 0 Å². The summed E-state index contributed by atoms with van der Waals surface area (Å²) in [4.78, 5) is 25.1. The van der Waals surface area contributed by atoms with Crippen molar-refractivity contribution in [1.29, 1.82) is 0 Å². The number of carbonyl (C=O) groups excluding carboxylic acids is 1. The number of anilines is 1. The minimum atomic E-state index is -0.106. The van der Waals surface area contributed by atoms with Crippen LogP contribution in [0.4, 0.5) is 5.95 Å². The molecule has 0 saturated carbocycles. The molecule has 9 nitrogen and oxygen atoms in total. The lowest BCUT2D eigenvalue weighted by atomic mass is 10.2. The van der Waals surface area contributed by atoms with E-state index < -0.39 is 0 Å². The molecule has 4 heterocycles. The van der Waals surface area contributed by atoms with Crippen molar-refractivity contribution in [1.82, 2.24) is 25.1 Å². The molecule has 4 rings (SSSR count). The standard InChI is InChI=1S/C17H18N6O3/c1-25-15-4-5-18-17(19-15)23-8-6-22(7-9-23)16(24)13-11-12(20-21-13)14-3-2-10-26-14/h2-5,10-11H,6-9H2,1H3,(H,20,21). The number of aromatic nitrogens is 4. The van der Waals surface area contributed by atoms with Crippen molar-refractivity contribution in [2.45, 2.75) is 0 Å². The van der Waals surface area contributed by atoms with Crippen LogP contribution in [0, 0.1) is 0 Å². The molecule has 0 spiro atoms. The largest absolute Gasteiger partial charge is 0.481 e. The van der Waals surface area contributed by atoms with Crippen LogP contribution in [0.15, 0.2) is 41.1 Å². The van der Waals surface area contributed by atoms with Gasteiger partial charge in [-0.25, -0.2) is 4.98 Å². The second-order valence-electron chi connectivity index (χ2n) is 5.82. The van der Waals surface area contributed by atoms with Crippen molar-refractivity contribution in [3.8, 4) is 17.3 Å². The Morgan fingerprint density at radius 3 is 2.85 bits per heavy atom. The predicted octanol–water partition coefficient (Wildman–Crippen LogP) is 1.43. The van der Waals surface area contributed by atoms with Crippen LogP contribution in [-0.2, 0) is 0 Å². The average Bonchev–Trinajstić information content (AvgIpc) is 3.39. The molecule has 1 saturated heterocycles. The quantitative estimate of drug-likeness (QED) is 0.756. The Morgan fingerprint density at radius 2 is 2.12 bits per heavy atom. The number of hydrogen-bond donors (Lipinski definition) is 1. The van der Waals surface area contributed by atoms with Gasteiger partial charge in [0.2, 0.25) is 11.8 Å². The zero-order valence-corrected chi connectivity index (χ0v) is 14.3. The van der Waals surface area contributed by atoms with Crippen molar-refractivity contribution in [2.75, 3.05) is 38.2 Å². The fourth-order valence-electron chi connectivity index (χ4n) is 2.86. The number of rotatable bonds is 4. The van der Waals surface area contributed by atoms with Gasteiger partial charge in [0.25, 0.3) is 5.91 Å². The van der Waals surface area contributed by atoms with Crippen LogP contribution in [0.25, 0.3) is 11.5 Å². The molecular weight excluding hydrogens is 336 g/mol. The molecule has 1 aliphatic heterocycles. The van der Waals surface area contributed by atoms with E-state index in [-0.39, 0.29) is 5.91 Å². The number of aromatic amines is 1. The minimum Gasteiger partial charge on any atom is -0.481 e. The number of methoxy groups -OCH3 is 1. The highest BCUT2D eigenvalue weighted by Gasteiger charge is 2.25. The van der Waals surface area contributed by atoms with Gasteiger partial charge in [0, 0.05) is 44.5 Å². The molecule has 0 atom stereocenters. The number of nitrogens with zero attached hydrogens (tertiary/aromatic N) is 5. The first-order valence-corrected chi connectivity index (χ1v) is 8.25. The number of piperazine rings is 1. The molecule has 134 valence electrons. The molecular formula is C17H18N6O3. The van der Waals surface area contributed by atoms with Gasteiger partial charge in [-0.1, -0.05) is 0 Å². The number of H-pyrrole nitrogens is 1. The van der Waals surface area contributed by atoms with Crippen LogP contribution in [0.3, 0.4) is 0 Å². The third kappa shape index (κ3) is 3.10. The van der Waals surface area contributed by atoms with E-state index in [0.29, 0.717) is 55.2 Å². The van der Waals surface area contributed by atoms with Gasteiger partial charge in [0.1, 0.15) is 5.69 Å².